The van der Waals surface area contributed by atoms with Crippen LogP contribution in [-0.4, -0.2) is 55.6 Å². The van der Waals surface area contributed by atoms with Crippen LogP contribution in [0.15, 0.2) is 59.5 Å². The van der Waals surface area contributed by atoms with Crippen LogP contribution in [0.2, 0.25) is 0 Å². The van der Waals surface area contributed by atoms with Crippen LogP contribution in [0, 0.1) is 6.92 Å². The first-order chi connectivity index (χ1) is 15.7. The molecular formula is C25H35N3O4S. The Morgan fingerprint density at radius 3 is 2.30 bits per heavy atom. The van der Waals surface area contributed by atoms with Crippen LogP contribution in [0.1, 0.15) is 44.2 Å². The Kier molecular flexibility index (Phi) is 10.1. The van der Waals surface area contributed by atoms with Crippen LogP contribution in [0.4, 0.5) is 0 Å². The Labute approximate surface area is 197 Å². The predicted octanol–water partition coefficient (Wildman–Crippen LogP) is 3.34. The highest BCUT2D eigenvalue weighted by Crippen LogP contribution is 2.17. The van der Waals surface area contributed by atoms with Gasteiger partial charge in [-0.1, -0.05) is 49.4 Å². The molecule has 7 nitrogen and oxygen atoms in total. The van der Waals surface area contributed by atoms with Gasteiger partial charge in [-0.25, -0.2) is 12.7 Å². The lowest BCUT2D eigenvalue weighted by Crippen LogP contribution is -2.48. The van der Waals surface area contributed by atoms with Crippen molar-refractivity contribution >= 4 is 21.8 Å². The highest BCUT2D eigenvalue weighted by molar-refractivity contribution is 7.89. The number of sulfonamides is 1. The summed E-state index contributed by atoms with van der Waals surface area (Å²) in [6.45, 7) is 6.76. The van der Waals surface area contributed by atoms with Gasteiger partial charge in [0.05, 0.1) is 4.90 Å². The van der Waals surface area contributed by atoms with E-state index in [-0.39, 0.29) is 29.7 Å². The third kappa shape index (κ3) is 7.40. The Bertz CT molecular complexity index is 1020. The van der Waals surface area contributed by atoms with Crippen LogP contribution in [0.3, 0.4) is 0 Å². The lowest BCUT2D eigenvalue weighted by atomic mass is 10.1. The first kappa shape index (κ1) is 26.5. The minimum atomic E-state index is -3.61. The molecule has 33 heavy (non-hydrogen) atoms. The summed E-state index contributed by atoms with van der Waals surface area (Å²) in [5.41, 5.74) is 2.02. The molecule has 0 radical (unpaired) electrons. The van der Waals surface area contributed by atoms with Crippen LogP contribution >= 0.6 is 0 Å². The molecule has 0 aliphatic heterocycles. The fraction of sp³-hybridized carbons (Fsp3) is 0.440. The number of nitrogens with zero attached hydrogens (tertiary/aromatic N) is 2. The molecule has 2 amide bonds. The van der Waals surface area contributed by atoms with Crippen LogP contribution in [-0.2, 0) is 26.2 Å². The summed E-state index contributed by atoms with van der Waals surface area (Å²) in [5, 5.41) is 2.86. The fourth-order valence-electron chi connectivity index (χ4n) is 3.44. The maximum absolute atomic E-state index is 13.2. The smallest absolute Gasteiger partial charge is 0.242 e. The van der Waals surface area contributed by atoms with Crippen molar-refractivity contribution < 1.29 is 18.0 Å². The molecule has 2 aromatic carbocycles. The van der Waals surface area contributed by atoms with Gasteiger partial charge in [0, 0.05) is 33.1 Å². The summed E-state index contributed by atoms with van der Waals surface area (Å²) < 4.78 is 26.7. The molecule has 0 aliphatic rings. The van der Waals surface area contributed by atoms with Crippen LogP contribution in [0.5, 0.6) is 0 Å². The maximum atomic E-state index is 13.2. The van der Waals surface area contributed by atoms with Gasteiger partial charge in [0.2, 0.25) is 21.8 Å². The van der Waals surface area contributed by atoms with E-state index in [0.29, 0.717) is 19.5 Å². The maximum Gasteiger partial charge on any atom is 0.242 e. The van der Waals surface area contributed by atoms with Crippen molar-refractivity contribution in [2.75, 3.05) is 20.1 Å². The van der Waals surface area contributed by atoms with E-state index in [1.807, 2.05) is 38.1 Å². The number of carbonyl (C=O) groups excluding carboxylic acids is 2. The van der Waals surface area contributed by atoms with E-state index in [2.05, 4.69) is 5.32 Å². The summed E-state index contributed by atoms with van der Waals surface area (Å²) in [5.74, 6) is -0.370. The predicted molar refractivity (Wildman–Crippen MR) is 130 cm³/mol. The number of hydrogen-bond donors (Lipinski definition) is 1. The second-order valence-electron chi connectivity index (χ2n) is 8.16. The van der Waals surface area contributed by atoms with Gasteiger partial charge in [-0.15, -0.1) is 0 Å². The minimum absolute atomic E-state index is 0.145. The van der Waals surface area contributed by atoms with Crippen molar-refractivity contribution in [2.24, 2.45) is 0 Å². The number of hydrogen-bond acceptors (Lipinski definition) is 4. The Hall–Kier alpha value is -2.71. The highest BCUT2D eigenvalue weighted by atomic mass is 32.2. The lowest BCUT2D eigenvalue weighted by Gasteiger charge is -2.29. The average molecular weight is 474 g/mol. The third-order valence-corrected chi connectivity index (χ3v) is 7.50. The molecular weight excluding hydrogens is 438 g/mol. The highest BCUT2D eigenvalue weighted by Gasteiger charge is 2.27. The standard InChI is InChI=1S/C25H35N3O4S/c1-5-17-26-25(30)21(3)28(19-22-13-10-9-12-20(22)2)24(29)16-11-18-27(4)33(31,32)23-14-7-6-8-15-23/h6-10,12-15,21H,5,11,16-19H2,1-4H3,(H,26,30)/t21-/m0/s1. The second-order valence-corrected chi connectivity index (χ2v) is 10.2. The van der Waals surface area contributed by atoms with E-state index in [4.69, 9.17) is 0 Å². The van der Waals surface area contributed by atoms with E-state index >= 15 is 0 Å². The molecule has 0 bridgehead atoms. The van der Waals surface area contributed by atoms with Gasteiger partial charge < -0.3 is 10.2 Å². The zero-order valence-electron chi connectivity index (χ0n) is 20.0. The van der Waals surface area contributed by atoms with Crippen molar-refractivity contribution in [1.82, 2.24) is 14.5 Å². The van der Waals surface area contributed by atoms with E-state index in [1.165, 1.54) is 11.4 Å². The Morgan fingerprint density at radius 2 is 1.67 bits per heavy atom. The summed E-state index contributed by atoms with van der Waals surface area (Å²) in [6.07, 6.45) is 1.31. The van der Waals surface area contributed by atoms with Crippen molar-refractivity contribution in [3.63, 3.8) is 0 Å². The van der Waals surface area contributed by atoms with E-state index in [1.54, 1.807) is 42.2 Å². The van der Waals surface area contributed by atoms with E-state index < -0.39 is 16.1 Å². The van der Waals surface area contributed by atoms with Crippen LogP contribution < -0.4 is 5.32 Å². The van der Waals surface area contributed by atoms with Gasteiger partial charge in [-0.05, 0) is 49.9 Å². The number of nitrogens with one attached hydrogen (secondary N) is 1. The van der Waals surface area contributed by atoms with Crippen molar-refractivity contribution in [2.45, 2.75) is 57.5 Å². The fourth-order valence-corrected chi connectivity index (χ4v) is 4.67. The third-order valence-electron chi connectivity index (χ3n) is 5.63. The molecule has 0 aromatic heterocycles. The van der Waals surface area contributed by atoms with Crippen molar-refractivity contribution in [1.29, 1.82) is 0 Å². The van der Waals surface area contributed by atoms with Gasteiger partial charge in [0.15, 0.2) is 0 Å². The molecule has 1 N–H and O–H groups in total. The number of carbonyl (C=O) groups is 2. The molecule has 0 spiro atoms. The number of aryl methyl sites for hydroxylation is 1. The average Bonchev–Trinajstić information content (AvgIpc) is 2.81. The monoisotopic (exact) mass is 473 g/mol. The first-order valence-electron chi connectivity index (χ1n) is 11.3. The number of rotatable bonds is 12. The molecule has 180 valence electrons. The normalized spacial score (nSPS) is 12.4. The SMILES string of the molecule is CCCNC(=O)[C@H](C)N(Cc1ccccc1C)C(=O)CCCN(C)S(=O)(=O)c1ccccc1. The summed E-state index contributed by atoms with van der Waals surface area (Å²) >= 11 is 0. The quantitative estimate of drug-likeness (QED) is 0.512. The molecule has 2 rings (SSSR count). The van der Waals surface area contributed by atoms with Gasteiger partial charge in [-0.2, -0.15) is 0 Å². The molecule has 0 unspecified atom stereocenters. The van der Waals surface area contributed by atoms with Crippen LogP contribution in [0.25, 0.3) is 0 Å². The number of benzene rings is 2. The first-order valence-corrected chi connectivity index (χ1v) is 12.8. The molecule has 0 saturated carbocycles. The van der Waals surface area contributed by atoms with Gasteiger partial charge in [-0.3, -0.25) is 9.59 Å². The molecule has 0 saturated heterocycles. The summed E-state index contributed by atoms with van der Waals surface area (Å²) in [6, 6.07) is 15.4. The minimum Gasteiger partial charge on any atom is -0.354 e. The van der Waals surface area contributed by atoms with Crippen molar-refractivity contribution in [3.05, 3.63) is 65.7 Å². The molecule has 8 heteroatoms. The topological polar surface area (TPSA) is 86.8 Å². The van der Waals surface area contributed by atoms with Crippen molar-refractivity contribution in [3.8, 4) is 0 Å². The molecule has 1 atom stereocenters. The summed E-state index contributed by atoms with van der Waals surface area (Å²) in [4.78, 5) is 27.6. The second kappa shape index (κ2) is 12.5. The van der Waals surface area contributed by atoms with E-state index in [9.17, 15) is 18.0 Å². The van der Waals surface area contributed by atoms with Gasteiger partial charge >= 0.3 is 0 Å². The number of amides is 2. The molecule has 0 heterocycles. The zero-order valence-corrected chi connectivity index (χ0v) is 20.8. The molecule has 0 aliphatic carbocycles. The van der Waals surface area contributed by atoms with E-state index in [0.717, 1.165) is 17.5 Å². The zero-order chi connectivity index (χ0) is 24.4. The summed E-state index contributed by atoms with van der Waals surface area (Å²) in [7, 11) is -2.09. The molecule has 2 aromatic rings. The lowest BCUT2D eigenvalue weighted by molar-refractivity contribution is -0.140. The van der Waals surface area contributed by atoms with Gasteiger partial charge in [0.25, 0.3) is 0 Å². The molecule has 0 fully saturated rings. The largest absolute Gasteiger partial charge is 0.354 e. The Balaban J connectivity index is 2.07. The van der Waals surface area contributed by atoms with Gasteiger partial charge in [0.1, 0.15) is 6.04 Å². The Morgan fingerprint density at radius 1 is 1.03 bits per heavy atom.